The van der Waals surface area contributed by atoms with Crippen molar-refractivity contribution >= 4 is 5.69 Å². The molecule has 2 N–H and O–H groups in total. The van der Waals surface area contributed by atoms with Crippen molar-refractivity contribution in [3.63, 3.8) is 0 Å². The Balaban J connectivity index is 1.89. The second-order valence-corrected chi connectivity index (χ2v) is 4.27. The standard InChI is InChI=1S/C12H14N4O/c1-8-2-3-9(12-16-14-7-17-12)4-11(8)15-10-5-13-6-10/h2-4,7,10,13,15H,5-6H2,1H3. The highest BCUT2D eigenvalue weighted by Gasteiger charge is 2.17. The van der Waals surface area contributed by atoms with Gasteiger partial charge in [-0.15, -0.1) is 10.2 Å². The maximum Gasteiger partial charge on any atom is 0.247 e. The highest BCUT2D eigenvalue weighted by molar-refractivity contribution is 5.64. The number of benzene rings is 1. The molecule has 1 fully saturated rings. The van der Waals surface area contributed by atoms with Crippen molar-refractivity contribution < 1.29 is 4.42 Å². The van der Waals surface area contributed by atoms with Crippen LogP contribution in [0.25, 0.3) is 11.5 Å². The predicted molar refractivity (Wildman–Crippen MR) is 64.8 cm³/mol. The summed E-state index contributed by atoms with van der Waals surface area (Å²) in [6, 6.07) is 6.63. The lowest BCUT2D eigenvalue weighted by Gasteiger charge is -2.29. The minimum atomic E-state index is 0.520. The van der Waals surface area contributed by atoms with Crippen LogP contribution >= 0.6 is 0 Å². The third-order valence-corrected chi connectivity index (χ3v) is 2.99. The Bertz CT molecular complexity index is 505. The molecule has 2 aromatic rings. The normalized spacial score (nSPS) is 15.6. The van der Waals surface area contributed by atoms with Gasteiger partial charge in [0.25, 0.3) is 0 Å². The van der Waals surface area contributed by atoms with E-state index in [2.05, 4.69) is 39.9 Å². The van der Waals surface area contributed by atoms with Crippen molar-refractivity contribution in [1.29, 1.82) is 0 Å². The van der Waals surface area contributed by atoms with E-state index < -0.39 is 0 Å². The Labute approximate surface area is 99.2 Å². The summed E-state index contributed by atoms with van der Waals surface area (Å²) in [5, 5.41) is 14.3. The quantitative estimate of drug-likeness (QED) is 0.835. The zero-order chi connectivity index (χ0) is 11.7. The molecular formula is C12H14N4O. The number of aryl methyl sites for hydroxylation is 1. The maximum atomic E-state index is 5.20. The van der Waals surface area contributed by atoms with Gasteiger partial charge in [-0.3, -0.25) is 0 Å². The van der Waals surface area contributed by atoms with Crippen LogP contribution in [0.2, 0.25) is 0 Å². The molecule has 0 radical (unpaired) electrons. The Morgan fingerprint density at radius 3 is 2.94 bits per heavy atom. The van der Waals surface area contributed by atoms with E-state index in [0.717, 1.165) is 24.3 Å². The van der Waals surface area contributed by atoms with Gasteiger partial charge < -0.3 is 15.1 Å². The van der Waals surface area contributed by atoms with Gasteiger partial charge in [-0.25, -0.2) is 0 Å². The molecule has 0 atom stereocenters. The number of hydrogen-bond donors (Lipinski definition) is 2. The summed E-state index contributed by atoms with van der Waals surface area (Å²) in [5.74, 6) is 0.555. The van der Waals surface area contributed by atoms with Crippen molar-refractivity contribution in [2.45, 2.75) is 13.0 Å². The maximum absolute atomic E-state index is 5.20. The first kappa shape index (κ1) is 10.3. The summed E-state index contributed by atoms with van der Waals surface area (Å²) in [7, 11) is 0. The topological polar surface area (TPSA) is 63.0 Å². The number of nitrogens with one attached hydrogen (secondary N) is 2. The van der Waals surface area contributed by atoms with Gasteiger partial charge in [-0.2, -0.15) is 0 Å². The van der Waals surface area contributed by atoms with Crippen molar-refractivity contribution in [3.8, 4) is 11.5 Å². The zero-order valence-corrected chi connectivity index (χ0v) is 9.60. The largest absolute Gasteiger partial charge is 0.423 e. The van der Waals surface area contributed by atoms with Gasteiger partial charge in [0.05, 0.1) is 6.04 Å². The molecule has 1 aromatic heterocycles. The SMILES string of the molecule is Cc1ccc(-c2nnco2)cc1NC1CNC1. The fourth-order valence-corrected chi connectivity index (χ4v) is 1.82. The average Bonchev–Trinajstić information content (AvgIpc) is 2.79. The van der Waals surface area contributed by atoms with Crippen molar-refractivity contribution in [3.05, 3.63) is 30.2 Å². The van der Waals surface area contributed by atoms with Crippen LogP contribution in [-0.4, -0.2) is 29.3 Å². The van der Waals surface area contributed by atoms with E-state index in [9.17, 15) is 0 Å². The summed E-state index contributed by atoms with van der Waals surface area (Å²) >= 11 is 0. The molecule has 1 aliphatic heterocycles. The molecule has 0 unspecified atom stereocenters. The van der Waals surface area contributed by atoms with Crippen LogP contribution in [0.15, 0.2) is 29.0 Å². The third-order valence-electron chi connectivity index (χ3n) is 2.99. The number of rotatable bonds is 3. The van der Waals surface area contributed by atoms with E-state index in [1.807, 2.05) is 6.07 Å². The first-order valence-electron chi connectivity index (χ1n) is 5.67. The fourth-order valence-electron chi connectivity index (χ4n) is 1.82. The number of aromatic nitrogens is 2. The fraction of sp³-hybridized carbons (Fsp3) is 0.333. The molecular weight excluding hydrogens is 216 g/mol. The van der Waals surface area contributed by atoms with Crippen molar-refractivity contribution in [2.24, 2.45) is 0 Å². The summed E-state index contributed by atoms with van der Waals surface area (Å²) < 4.78 is 5.20. The minimum absolute atomic E-state index is 0.520. The van der Waals surface area contributed by atoms with Gasteiger partial charge in [-0.05, 0) is 24.6 Å². The minimum Gasteiger partial charge on any atom is -0.423 e. The van der Waals surface area contributed by atoms with Crippen LogP contribution in [0.4, 0.5) is 5.69 Å². The van der Waals surface area contributed by atoms with E-state index in [1.54, 1.807) is 0 Å². The average molecular weight is 230 g/mol. The molecule has 0 aliphatic carbocycles. The molecule has 1 aromatic carbocycles. The number of hydrogen-bond acceptors (Lipinski definition) is 5. The summed E-state index contributed by atoms with van der Waals surface area (Å²) in [6.45, 7) is 4.13. The van der Waals surface area contributed by atoms with Gasteiger partial charge in [0.1, 0.15) is 0 Å². The Morgan fingerprint density at radius 1 is 1.41 bits per heavy atom. The van der Waals surface area contributed by atoms with Crippen molar-refractivity contribution in [2.75, 3.05) is 18.4 Å². The molecule has 1 aliphatic rings. The smallest absolute Gasteiger partial charge is 0.247 e. The lowest BCUT2D eigenvalue weighted by atomic mass is 10.1. The summed E-state index contributed by atoms with van der Waals surface area (Å²) in [6.07, 6.45) is 1.35. The van der Waals surface area contributed by atoms with Gasteiger partial charge in [0.2, 0.25) is 12.3 Å². The van der Waals surface area contributed by atoms with Crippen LogP contribution in [-0.2, 0) is 0 Å². The number of nitrogens with zero attached hydrogens (tertiary/aromatic N) is 2. The Hall–Kier alpha value is -1.88. The predicted octanol–water partition coefficient (Wildman–Crippen LogP) is 1.43. The second-order valence-electron chi connectivity index (χ2n) is 4.27. The van der Waals surface area contributed by atoms with E-state index in [1.165, 1.54) is 12.0 Å². The molecule has 1 saturated heterocycles. The van der Waals surface area contributed by atoms with Gasteiger partial charge in [0.15, 0.2) is 0 Å². The molecule has 88 valence electrons. The molecule has 3 rings (SSSR count). The molecule has 0 spiro atoms. The molecule has 5 nitrogen and oxygen atoms in total. The molecule has 0 saturated carbocycles. The van der Waals surface area contributed by atoms with E-state index in [4.69, 9.17) is 4.42 Å². The highest BCUT2D eigenvalue weighted by atomic mass is 16.4. The van der Waals surface area contributed by atoms with Gasteiger partial charge >= 0.3 is 0 Å². The summed E-state index contributed by atoms with van der Waals surface area (Å²) in [5.41, 5.74) is 3.30. The monoisotopic (exact) mass is 230 g/mol. The molecule has 2 heterocycles. The molecule has 17 heavy (non-hydrogen) atoms. The van der Waals surface area contributed by atoms with Gasteiger partial charge in [-0.1, -0.05) is 6.07 Å². The van der Waals surface area contributed by atoms with Crippen LogP contribution < -0.4 is 10.6 Å². The van der Waals surface area contributed by atoms with E-state index >= 15 is 0 Å². The molecule has 0 amide bonds. The Kier molecular flexibility index (Phi) is 2.53. The van der Waals surface area contributed by atoms with Crippen LogP contribution in [0, 0.1) is 6.92 Å². The second kappa shape index (κ2) is 4.18. The highest BCUT2D eigenvalue weighted by Crippen LogP contribution is 2.24. The van der Waals surface area contributed by atoms with Gasteiger partial charge in [0, 0.05) is 24.3 Å². The van der Waals surface area contributed by atoms with Crippen LogP contribution in [0.1, 0.15) is 5.56 Å². The first-order chi connectivity index (χ1) is 8.33. The lowest BCUT2D eigenvalue weighted by molar-refractivity contribution is 0.472. The molecule has 0 bridgehead atoms. The van der Waals surface area contributed by atoms with E-state index in [0.29, 0.717) is 11.9 Å². The molecule has 5 heteroatoms. The Morgan fingerprint density at radius 2 is 2.29 bits per heavy atom. The van der Waals surface area contributed by atoms with E-state index in [-0.39, 0.29) is 0 Å². The van der Waals surface area contributed by atoms with Crippen molar-refractivity contribution in [1.82, 2.24) is 15.5 Å². The zero-order valence-electron chi connectivity index (χ0n) is 9.60. The number of anilines is 1. The summed E-state index contributed by atoms with van der Waals surface area (Å²) in [4.78, 5) is 0. The van der Waals surface area contributed by atoms with Crippen LogP contribution in [0.5, 0.6) is 0 Å². The van der Waals surface area contributed by atoms with Crippen LogP contribution in [0.3, 0.4) is 0 Å². The lowest BCUT2D eigenvalue weighted by Crippen LogP contribution is -2.51. The first-order valence-corrected chi connectivity index (χ1v) is 5.67. The third kappa shape index (κ3) is 2.01.